The molecule has 0 aliphatic rings. The molecule has 1 aromatic rings. The monoisotopic (exact) mass is 234 g/mol. The molecule has 3 nitrogen and oxygen atoms in total. The van der Waals surface area contributed by atoms with E-state index in [1.807, 2.05) is 14.0 Å². The lowest BCUT2D eigenvalue weighted by molar-refractivity contribution is 0.321. The summed E-state index contributed by atoms with van der Waals surface area (Å²) in [7, 11) is 2.03. The third-order valence-corrected chi connectivity index (χ3v) is 3.24. The lowest BCUT2D eigenvalue weighted by atomic mass is 10.0. The molecule has 0 amide bonds. The molecule has 17 heavy (non-hydrogen) atoms. The second-order valence-corrected chi connectivity index (χ2v) is 4.83. The van der Waals surface area contributed by atoms with Crippen LogP contribution < -0.4 is 0 Å². The van der Waals surface area contributed by atoms with Crippen LogP contribution in [0.5, 0.6) is 0 Å². The first-order chi connectivity index (χ1) is 8.04. The van der Waals surface area contributed by atoms with E-state index in [-0.39, 0.29) is 6.04 Å². The summed E-state index contributed by atoms with van der Waals surface area (Å²) in [5, 5.41) is 3.02. The largest absolute Gasteiger partial charge is 0.304 e. The second-order valence-electron chi connectivity index (χ2n) is 4.83. The van der Waals surface area contributed by atoms with E-state index in [2.05, 4.69) is 42.1 Å². The van der Waals surface area contributed by atoms with Gasteiger partial charge in [-0.05, 0) is 50.9 Å². The minimum atomic E-state index is -0.126. The molecule has 0 saturated heterocycles. The van der Waals surface area contributed by atoms with Crippen LogP contribution in [0, 0.1) is 18.8 Å². The Kier molecular flexibility index (Phi) is 5.29. The minimum Gasteiger partial charge on any atom is -0.304 e. The van der Waals surface area contributed by atoms with Gasteiger partial charge in [-0.3, -0.25) is 0 Å². The highest BCUT2D eigenvalue weighted by atomic mass is 16.3. The van der Waals surface area contributed by atoms with E-state index in [1.54, 1.807) is 0 Å². The van der Waals surface area contributed by atoms with Gasteiger partial charge in [0.05, 0.1) is 0 Å². The molecule has 1 aromatic carbocycles. The minimum absolute atomic E-state index is 0.126. The number of nitrogens with zero attached hydrogens (tertiary/aromatic N) is 2. The molecule has 0 aliphatic carbocycles. The molecule has 0 N–H and O–H groups in total. The fourth-order valence-corrected chi connectivity index (χ4v) is 1.97. The van der Waals surface area contributed by atoms with Gasteiger partial charge in [-0.25, -0.2) is 0 Å². The van der Waals surface area contributed by atoms with Crippen molar-refractivity contribution in [2.75, 3.05) is 20.1 Å². The molecule has 0 fully saturated rings. The van der Waals surface area contributed by atoms with E-state index in [1.165, 1.54) is 16.7 Å². The number of likely N-dealkylation sites (N-methyl/N-ethyl adjacent to an activating group) is 1. The summed E-state index contributed by atoms with van der Waals surface area (Å²) in [5.41, 5.74) is 4.11. The average Bonchev–Trinajstić information content (AvgIpc) is 2.31. The molecule has 0 saturated carbocycles. The number of hydrogen-bond donors (Lipinski definition) is 0. The van der Waals surface area contributed by atoms with Crippen molar-refractivity contribution in [2.45, 2.75) is 33.2 Å². The van der Waals surface area contributed by atoms with Gasteiger partial charge in [0.15, 0.2) is 0 Å². The number of hydrogen-bond acceptors (Lipinski definition) is 3. The van der Waals surface area contributed by atoms with Crippen LogP contribution in [0.4, 0.5) is 0 Å². The van der Waals surface area contributed by atoms with Gasteiger partial charge in [0.2, 0.25) is 0 Å². The third kappa shape index (κ3) is 4.27. The Hall–Kier alpha value is -1.22. The quantitative estimate of drug-likeness (QED) is 0.709. The fraction of sp³-hybridized carbons (Fsp3) is 0.571. The highest BCUT2D eigenvalue weighted by molar-refractivity contribution is 5.33. The van der Waals surface area contributed by atoms with Crippen molar-refractivity contribution in [2.24, 2.45) is 5.18 Å². The standard InChI is InChI=1S/C14H22N2O/c1-11-6-5-7-14(13(11)3)8-9-16(4)10-12(2)15-17/h5-7,12H,8-10H2,1-4H3. The first kappa shape index (κ1) is 13.8. The van der Waals surface area contributed by atoms with Crippen LogP contribution in [-0.2, 0) is 6.42 Å². The van der Waals surface area contributed by atoms with Gasteiger partial charge in [-0.1, -0.05) is 23.4 Å². The zero-order valence-corrected chi connectivity index (χ0v) is 11.2. The Labute approximate surface area is 104 Å². The molecule has 0 aliphatic heterocycles. The second kappa shape index (κ2) is 6.50. The Morgan fingerprint density at radius 2 is 2.06 bits per heavy atom. The van der Waals surface area contributed by atoms with E-state index < -0.39 is 0 Å². The molecule has 3 heteroatoms. The van der Waals surface area contributed by atoms with Gasteiger partial charge >= 0.3 is 0 Å². The lowest BCUT2D eigenvalue weighted by Crippen LogP contribution is -2.28. The van der Waals surface area contributed by atoms with Crippen LogP contribution in [0.15, 0.2) is 23.4 Å². The van der Waals surface area contributed by atoms with Gasteiger partial charge in [0, 0.05) is 13.1 Å². The lowest BCUT2D eigenvalue weighted by Gasteiger charge is -2.18. The van der Waals surface area contributed by atoms with E-state index in [0.29, 0.717) is 0 Å². The summed E-state index contributed by atoms with van der Waals surface area (Å²) in [6.07, 6.45) is 1.02. The molecule has 1 atom stereocenters. The zero-order valence-electron chi connectivity index (χ0n) is 11.2. The predicted octanol–water partition coefficient (Wildman–Crippen LogP) is 2.93. The van der Waals surface area contributed by atoms with Crippen LogP contribution in [0.1, 0.15) is 23.6 Å². The summed E-state index contributed by atoms with van der Waals surface area (Å²) in [6, 6.07) is 6.30. The maximum atomic E-state index is 10.3. The Balaban J connectivity index is 2.50. The third-order valence-electron chi connectivity index (χ3n) is 3.24. The van der Waals surface area contributed by atoms with Crippen molar-refractivity contribution in [1.29, 1.82) is 0 Å². The van der Waals surface area contributed by atoms with E-state index in [9.17, 15) is 4.91 Å². The number of nitroso groups, excluding NO2 is 1. The smallest absolute Gasteiger partial charge is 0.102 e. The van der Waals surface area contributed by atoms with Gasteiger partial charge in [-0.2, -0.15) is 4.91 Å². The van der Waals surface area contributed by atoms with Crippen LogP contribution in [0.3, 0.4) is 0 Å². The Morgan fingerprint density at radius 3 is 2.71 bits per heavy atom. The zero-order chi connectivity index (χ0) is 12.8. The van der Waals surface area contributed by atoms with Gasteiger partial charge < -0.3 is 4.90 Å². The van der Waals surface area contributed by atoms with E-state index in [4.69, 9.17) is 0 Å². The molecule has 0 radical (unpaired) electrons. The number of benzene rings is 1. The average molecular weight is 234 g/mol. The summed E-state index contributed by atoms with van der Waals surface area (Å²) in [4.78, 5) is 12.5. The molecule has 1 unspecified atom stereocenters. The summed E-state index contributed by atoms with van der Waals surface area (Å²) in [5.74, 6) is 0. The molecule has 0 spiro atoms. The first-order valence-electron chi connectivity index (χ1n) is 6.10. The topological polar surface area (TPSA) is 32.7 Å². The molecular weight excluding hydrogens is 212 g/mol. The van der Waals surface area contributed by atoms with Crippen molar-refractivity contribution in [1.82, 2.24) is 4.90 Å². The van der Waals surface area contributed by atoms with E-state index in [0.717, 1.165) is 19.5 Å². The highest BCUT2D eigenvalue weighted by Gasteiger charge is 2.07. The van der Waals surface area contributed by atoms with Crippen molar-refractivity contribution in [3.05, 3.63) is 39.8 Å². The van der Waals surface area contributed by atoms with Gasteiger partial charge in [0.25, 0.3) is 0 Å². The fourth-order valence-electron chi connectivity index (χ4n) is 1.97. The van der Waals surface area contributed by atoms with Crippen LogP contribution in [0.25, 0.3) is 0 Å². The van der Waals surface area contributed by atoms with Gasteiger partial charge in [0.1, 0.15) is 6.04 Å². The highest BCUT2D eigenvalue weighted by Crippen LogP contribution is 2.13. The van der Waals surface area contributed by atoms with E-state index >= 15 is 0 Å². The Bertz CT molecular complexity index is 376. The predicted molar refractivity (Wildman–Crippen MR) is 72.4 cm³/mol. The first-order valence-corrected chi connectivity index (χ1v) is 6.10. The molecule has 0 aromatic heterocycles. The summed E-state index contributed by atoms with van der Waals surface area (Å²) < 4.78 is 0. The van der Waals surface area contributed by atoms with Gasteiger partial charge in [-0.15, -0.1) is 0 Å². The molecule has 0 bridgehead atoms. The van der Waals surface area contributed by atoms with Crippen LogP contribution in [0.2, 0.25) is 0 Å². The maximum absolute atomic E-state index is 10.3. The van der Waals surface area contributed by atoms with Crippen molar-refractivity contribution in [3.63, 3.8) is 0 Å². The Morgan fingerprint density at radius 1 is 1.35 bits per heavy atom. The molecule has 0 heterocycles. The maximum Gasteiger partial charge on any atom is 0.102 e. The van der Waals surface area contributed by atoms with Crippen molar-refractivity contribution < 1.29 is 0 Å². The van der Waals surface area contributed by atoms with Crippen LogP contribution >= 0.6 is 0 Å². The SMILES string of the molecule is Cc1cccc(CCN(C)CC(C)N=O)c1C. The van der Waals surface area contributed by atoms with Crippen LogP contribution in [-0.4, -0.2) is 31.1 Å². The summed E-state index contributed by atoms with van der Waals surface area (Å²) >= 11 is 0. The molecular formula is C14H22N2O. The number of aryl methyl sites for hydroxylation is 1. The molecule has 1 rings (SSSR count). The summed E-state index contributed by atoms with van der Waals surface area (Å²) in [6.45, 7) is 7.85. The number of rotatable bonds is 6. The molecule has 94 valence electrons. The normalized spacial score (nSPS) is 12.8. The van der Waals surface area contributed by atoms with Crippen molar-refractivity contribution >= 4 is 0 Å². The van der Waals surface area contributed by atoms with Crippen molar-refractivity contribution in [3.8, 4) is 0 Å².